The zero-order valence-electron chi connectivity index (χ0n) is 12.2. The maximum Gasteiger partial charge on any atom is 0.389 e. The van der Waals surface area contributed by atoms with Gasteiger partial charge in [-0.05, 0) is 19.8 Å². The van der Waals surface area contributed by atoms with E-state index in [1.54, 1.807) is 11.5 Å². The van der Waals surface area contributed by atoms with Gasteiger partial charge in [0, 0.05) is 19.4 Å². The molecule has 0 fully saturated rings. The number of nitrogens with two attached hydrogens (primary N) is 1. The van der Waals surface area contributed by atoms with Gasteiger partial charge in [-0.3, -0.25) is 0 Å². The number of esters is 1. The van der Waals surface area contributed by atoms with Gasteiger partial charge in [-0.1, -0.05) is 6.92 Å². The van der Waals surface area contributed by atoms with Crippen LogP contribution in [-0.2, 0) is 17.7 Å². The molecule has 1 rings (SSSR count). The Morgan fingerprint density at radius 2 is 2.00 bits per heavy atom. The third-order valence-electron chi connectivity index (χ3n) is 2.96. The molecule has 0 aliphatic carbocycles. The second-order valence-corrected chi connectivity index (χ2v) is 4.56. The fourth-order valence-corrected chi connectivity index (χ4v) is 1.98. The number of ether oxygens (including phenoxy) is 1. The third-order valence-corrected chi connectivity index (χ3v) is 2.96. The summed E-state index contributed by atoms with van der Waals surface area (Å²) in [6.07, 6.45) is -4.12. The molecule has 0 unspecified atom stereocenters. The van der Waals surface area contributed by atoms with Crippen LogP contribution in [0.25, 0.3) is 0 Å². The number of alkyl halides is 3. The number of carbonyl (C=O) groups is 1. The minimum Gasteiger partial charge on any atom is -0.461 e. The van der Waals surface area contributed by atoms with Crippen molar-refractivity contribution in [1.29, 1.82) is 0 Å². The topological polar surface area (TPSA) is 70.1 Å². The number of hydrogen-bond acceptors (Lipinski definition) is 4. The first-order valence-corrected chi connectivity index (χ1v) is 6.88. The van der Waals surface area contributed by atoms with Crippen LogP contribution < -0.4 is 5.73 Å². The van der Waals surface area contributed by atoms with Crippen LogP contribution in [0.1, 0.15) is 49.4 Å². The lowest BCUT2D eigenvalue weighted by atomic mass is 10.2. The Morgan fingerprint density at radius 1 is 1.33 bits per heavy atom. The lowest BCUT2D eigenvalue weighted by Crippen LogP contribution is -2.11. The van der Waals surface area contributed by atoms with E-state index in [2.05, 4.69) is 4.98 Å². The van der Waals surface area contributed by atoms with Crippen molar-refractivity contribution in [1.82, 2.24) is 9.55 Å². The highest BCUT2D eigenvalue weighted by Crippen LogP contribution is 2.23. The number of halogens is 3. The molecule has 0 aliphatic rings. The van der Waals surface area contributed by atoms with E-state index in [1.807, 2.05) is 6.92 Å². The summed E-state index contributed by atoms with van der Waals surface area (Å²) >= 11 is 0. The van der Waals surface area contributed by atoms with Crippen molar-refractivity contribution in [2.45, 2.75) is 52.3 Å². The maximum atomic E-state index is 12.1. The number of anilines is 1. The number of rotatable bonds is 7. The van der Waals surface area contributed by atoms with Crippen LogP contribution in [0.15, 0.2) is 0 Å². The molecule has 21 heavy (non-hydrogen) atoms. The van der Waals surface area contributed by atoms with E-state index < -0.39 is 18.6 Å². The average molecular weight is 307 g/mol. The van der Waals surface area contributed by atoms with Gasteiger partial charge < -0.3 is 15.0 Å². The highest BCUT2D eigenvalue weighted by atomic mass is 19.4. The number of aryl methyl sites for hydroxylation is 1. The van der Waals surface area contributed by atoms with Gasteiger partial charge in [-0.2, -0.15) is 13.2 Å². The van der Waals surface area contributed by atoms with Gasteiger partial charge in [0.1, 0.15) is 11.6 Å². The lowest BCUT2D eigenvalue weighted by molar-refractivity contribution is -0.135. The van der Waals surface area contributed by atoms with Crippen LogP contribution in [0, 0.1) is 0 Å². The zero-order chi connectivity index (χ0) is 16.0. The Morgan fingerprint density at radius 3 is 2.52 bits per heavy atom. The molecule has 0 aromatic carbocycles. The molecular weight excluding hydrogens is 287 g/mol. The van der Waals surface area contributed by atoms with Crippen molar-refractivity contribution in [2.75, 3.05) is 12.3 Å². The minimum absolute atomic E-state index is 0.0129. The first-order valence-electron chi connectivity index (χ1n) is 6.88. The van der Waals surface area contributed by atoms with E-state index in [1.165, 1.54) is 0 Å². The van der Waals surface area contributed by atoms with Crippen molar-refractivity contribution < 1.29 is 22.7 Å². The Balaban J connectivity index is 2.75. The summed E-state index contributed by atoms with van der Waals surface area (Å²) in [5.41, 5.74) is 5.89. The van der Waals surface area contributed by atoms with Crippen LogP contribution in [0.2, 0.25) is 0 Å². The molecule has 1 heterocycles. The molecule has 0 saturated heterocycles. The second-order valence-electron chi connectivity index (χ2n) is 4.56. The number of carbonyl (C=O) groups excluding carboxylic acids is 1. The van der Waals surface area contributed by atoms with Gasteiger partial charge >= 0.3 is 12.1 Å². The van der Waals surface area contributed by atoms with Gasteiger partial charge in [0.25, 0.3) is 0 Å². The van der Waals surface area contributed by atoms with Gasteiger partial charge in [0.2, 0.25) is 0 Å². The molecule has 0 saturated carbocycles. The first-order chi connectivity index (χ1) is 9.80. The summed E-state index contributed by atoms with van der Waals surface area (Å²) in [5, 5.41) is 0. The van der Waals surface area contributed by atoms with E-state index >= 15 is 0 Å². The first kappa shape index (κ1) is 17.3. The number of hydrogen-bond donors (Lipinski definition) is 1. The SMILES string of the molecule is CCOC(=O)c1nc(CC)n(CCCCC(F)(F)F)c1N. The summed E-state index contributed by atoms with van der Waals surface area (Å²) in [6.45, 7) is 4.02. The summed E-state index contributed by atoms with van der Waals surface area (Å²) < 4.78 is 42.7. The molecular formula is C13H20F3N3O2. The van der Waals surface area contributed by atoms with E-state index in [4.69, 9.17) is 10.5 Å². The summed E-state index contributed by atoms with van der Waals surface area (Å²) in [5.74, 6) is 0.110. The largest absolute Gasteiger partial charge is 0.461 e. The zero-order valence-corrected chi connectivity index (χ0v) is 12.2. The number of aromatic nitrogens is 2. The fraction of sp³-hybridized carbons (Fsp3) is 0.692. The Hall–Kier alpha value is -1.73. The Bertz CT molecular complexity index is 484. The van der Waals surface area contributed by atoms with E-state index in [0.29, 0.717) is 25.2 Å². The predicted molar refractivity (Wildman–Crippen MR) is 71.9 cm³/mol. The monoisotopic (exact) mass is 307 g/mol. The average Bonchev–Trinajstić information content (AvgIpc) is 2.71. The quantitative estimate of drug-likeness (QED) is 0.621. The smallest absolute Gasteiger partial charge is 0.389 e. The summed E-state index contributed by atoms with van der Waals surface area (Å²) in [7, 11) is 0. The van der Waals surface area contributed by atoms with Gasteiger partial charge in [-0.15, -0.1) is 0 Å². The minimum atomic E-state index is -4.15. The Kier molecular flexibility index (Phi) is 6.04. The highest BCUT2D eigenvalue weighted by Gasteiger charge is 2.26. The number of unbranched alkanes of at least 4 members (excludes halogenated alkanes) is 1. The maximum absolute atomic E-state index is 12.1. The lowest BCUT2D eigenvalue weighted by Gasteiger charge is -2.10. The highest BCUT2D eigenvalue weighted by molar-refractivity contribution is 5.92. The normalized spacial score (nSPS) is 11.7. The van der Waals surface area contributed by atoms with Gasteiger partial charge in [0.05, 0.1) is 6.61 Å². The van der Waals surface area contributed by atoms with Crippen LogP contribution in [0.3, 0.4) is 0 Å². The van der Waals surface area contributed by atoms with Crippen molar-refractivity contribution in [3.63, 3.8) is 0 Å². The summed E-state index contributed by atoms with van der Waals surface area (Å²) in [4.78, 5) is 15.8. The third kappa shape index (κ3) is 4.95. The summed E-state index contributed by atoms with van der Waals surface area (Å²) in [6, 6.07) is 0. The van der Waals surface area contributed by atoms with Crippen LogP contribution >= 0.6 is 0 Å². The molecule has 0 atom stereocenters. The van der Waals surface area contributed by atoms with Gasteiger partial charge in [-0.25, -0.2) is 9.78 Å². The number of imidazole rings is 1. The molecule has 2 N–H and O–H groups in total. The molecule has 8 heteroatoms. The fourth-order valence-electron chi connectivity index (χ4n) is 1.98. The molecule has 0 bridgehead atoms. The number of nitrogens with zero attached hydrogens (tertiary/aromatic N) is 2. The molecule has 0 radical (unpaired) electrons. The molecule has 5 nitrogen and oxygen atoms in total. The van der Waals surface area contributed by atoms with Gasteiger partial charge in [0.15, 0.2) is 5.69 Å². The molecule has 1 aromatic rings. The van der Waals surface area contributed by atoms with E-state index in [9.17, 15) is 18.0 Å². The van der Waals surface area contributed by atoms with Crippen molar-refractivity contribution in [2.24, 2.45) is 0 Å². The molecule has 120 valence electrons. The molecule has 0 amide bonds. The van der Waals surface area contributed by atoms with E-state index in [-0.39, 0.29) is 24.5 Å². The molecule has 1 aromatic heterocycles. The van der Waals surface area contributed by atoms with Crippen molar-refractivity contribution >= 4 is 11.8 Å². The standard InChI is InChI=1S/C13H20F3N3O2/c1-3-9-18-10(12(20)21-4-2)11(17)19(9)8-6-5-7-13(14,15)16/h3-8,17H2,1-2H3. The molecule has 0 spiro atoms. The van der Waals surface area contributed by atoms with Crippen molar-refractivity contribution in [3.8, 4) is 0 Å². The molecule has 0 aliphatic heterocycles. The van der Waals surface area contributed by atoms with E-state index in [0.717, 1.165) is 0 Å². The van der Waals surface area contributed by atoms with Crippen LogP contribution in [0.5, 0.6) is 0 Å². The number of nitrogen functional groups attached to an aromatic ring is 1. The van der Waals surface area contributed by atoms with Crippen LogP contribution in [0.4, 0.5) is 19.0 Å². The van der Waals surface area contributed by atoms with Crippen LogP contribution in [-0.4, -0.2) is 28.3 Å². The Labute approximate surface area is 121 Å². The second kappa shape index (κ2) is 7.33. The van der Waals surface area contributed by atoms with Crippen molar-refractivity contribution in [3.05, 3.63) is 11.5 Å². The predicted octanol–water partition coefficient (Wildman–Crippen LogP) is 2.94.